The molecule has 2 rings (SSSR count). The zero-order valence-electron chi connectivity index (χ0n) is 9.60. The molecule has 1 heterocycles. The Morgan fingerprint density at radius 3 is 2.69 bits per heavy atom. The van der Waals surface area contributed by atoms with Crippen molar-refractivity contribution in [1.29, 1.82) is 0 Å². The van der Waals surface area contributed by atoms with Gasteiger partial charge in [-0.05, 0) is 5.56 Å². The van der Waals surface area contributed by atoms with Crippen LogP contribution < -0.4 is 5.32 Å². The molecule has 0 radical (unpaired) electrons. The summed E-state index contributed by atoms with van der Waals surface area (Å²) < 4.78 is 0. The van der Waals surface area contributed by atoms with Crippen LogP contribution in [-0.2, 0) is 6.54 Å². The number of nitrogens with one attached hydrogen (secondary N) is 1. The fourth-order valence-electron chi connectivity index (χ4n) is 1.52. The van der Waals surface area contributed by atoms with Crippen LogP contribution in [0.4, 0.5) is 0 Å². The quantitative estimate of drug-likeness (QED) is 0.874. The first-order valence-electron chi connectivity index (χ1n) is 5.48. The zero-order chi connectivity index (χ0) is 11.4. The molecule has 2 aromatic rings. The summed E-state index contributed by atoms with van der Waals surface area (Å²) in [6.07, 6.45) is 0. The Bertz CT molecular complexity index is 434. The molecule has 0 saturated carbocycles. The standard InChI is InChI=1S/C13H16N2S/c1-10(2)14-8-12-13(16-9-15-12)11-6-4-3-5-7-11/h3-7,9-10,14H,8H2,1-2H3. The minimum Gasteiger partial charge on any atom is -0.309 e. The van der Waals surface area contributed by atoms with Gasteiger partial charge in [-0.15, -0.1) is 11.3 Å². The number of nitrogens with zero attached hydrogens (tertiary/aromatic N) is 1. The van der Waals surface area contributed by atoms with Gasteiger partial charge in [-0.25, -0.2) is 4.98 Å². The van der Waals surface area contributed by atoms with Crippen LogP contribution >= 0.6 is 11.3 Å². The number of thiazole rings is 1. The van der Waals surface area contributed by atoms with Crippen LogP contribution in [0.1, 0.15) is 19.5 Å². The highest BCUT2D eigenvalue weighted by atomic mass is 32.1. The summed E-state index contributed by atoms with van der Waals surface area (Å²) in [7, 11) is 0. The van der Waals surface area contributed by atoms with Gasteiger partial charge in [-0.1, -0.05) is 44.2 Å². The molecule has 1 aromatic heterocycles. The SMILES string of the molecule is CC(C)NCc1ncsc1-c1ccccc1. The predicted octanol–water partition coefficient (Wildman–Crippen LogP) is 3.31. The van der Waals surface area contributed by atoms with Crippen LogP contribution in [0.2, 0.25) is 0 Å². The van der Waals surface area contributed by atoms with E-state index < -0.39 is 0 Å². The molecule has 84 valence electrons. The lowest BCUT2D eigenvalue weighted by Gasteiger charge is -2.07. The largest absolute Gasteiger partial charge is 0.309 e. The third kappa shape index (κ3) is 2.68. The predicted molar refractivity (Wildman–Crippen MR) is 69.5 cm³/mol. The smallest absolute Gasteiger partial charge is 0.0802 e. The minimum absolute atomic E-state index is 0.491. The van der Waals surface area contributed by atoms with E-state index in [9.17, 15) is 0 Å². The molecule has 0 aliphatic rings. The van der Waals surface area contributed by atoms with Gasteiger partial charge in [-0.3, -0.25) is 0 Å². The molecular weight excluding hydrogens is 216 g/mol. The molecule has 1 N–H and O–H groups in total. The van der Waals surface area contributed by atoms with E-state index in [1.807, 2.05) is 11.6 Å². The monoisotopic (exact) mass is 232 g/mol. The summed E-state index contributed by atoms with van der Waals surface area (Å²) in [4.78, 5) is 5.69. The summed E-state index contributed by atoms with van der Waals surface area (Å²) in [5, 5.41) is 3.40. The van der Waals surface area contributed by atoms with Crippen LogP contribution in [0, 0.1) is 0 Å². The van der Waals surface area contributed by atoms with Gasteiger partial charge in [-0.2, -0.15) is 0 Å². The van der Waals surface area contributed by atoms with E-state index in [0.717, 1.165) is 12.2 Å². The Morgan fingerprint density at radius 1 is 1.25 bits per heavy atom. The molecule has 0 aliphatic heterocycles. The molecule has 1 aromatic carbocycles. The zero-order valence-corrected chi connectivity index (χ0v) is 10.4. The van der Waals surface area contributed by atoms with Gasteiger partial charge in [0, 0.05) is 12.6 Å². The Balaban J connectivity index is 2.19. The molecular formula is C13H16N2S. The van der Waals surface area contributed by atoms with Crippen LogP contribution in [0.25, 0.3) is 10.4 Å². The lowest BCUT2D eigenvalue weighted by molar-refractivity contribution is 0.583. The second kappa shape index (κ2) is 5.23. The van der Waals surface area contributed by atoms with Gasteiger partial charge in [0.2, 0.25) is 0 Å². The average Bonchev–Trinajstić information content (AvgIpc) is 2.75. The molecule has 0 spiro atoms. The third-order valence-electron chi connectivity index (χ3n) is 2.35. The second-order valence-corrected chi connectivity index (χ2v) is 4.88. The summed E-state index contributed by atoms with van der Waals surface area (Å²) in [6.45, 7) is 5.13. The molecule has 0 saturated heterocycles. The van der Waals surface area contributed by atoms with Crippen molar-refractivity contribution in [2.75, 3.05) is 0 Å². The van der Waals surface area contributed by atoms with E-state index in [1.165, 1.54) is 10.4 Å². The number of rotatable bonds is 4. The van der Waals surface area contributed by atoms with Gasteiger partial charge in [0.05, 0.1) is 16.1 Å². The lowest BCUT2D eigenvalue weighted by atomic mass is 10.1. The van der Waals surface area contributed by atoms with Gasteiger partial charge < -0.3 is 5.32 Å². The Morgan fingerprint density at radius 2 is 2.00 bits per heavy atom. The topological polar surface area (TPSA) is 24.9 Å². The Hall–Kier alpha value is -1.19. The number of hydrogen-bond donors (Lipinski definition) is 1. The van der Waals surface area contributed by atoms with Crippen LogP contribution in [0.3, 0.4) is 0 Å². The molecule has 0 unspecified atom stereocenters. The van der Waals surface area contributed by atoms with Crippen molar-refractivity contribution >= 4 is 11.3 Å². The summed E-state index contributed by atoms with van der Waals surface area (Å²) >= 11 is 1.70. The van der Waals surface area contributed by atoms with Crippen molar-refractivity contribution in [2.45, 2.75) is 26.4 Å². The lowest BCUT2D eigenvalue weighted by Crippen LogP contribution is -2.22. The van der Waals surface area contributed by atoms with Crippen molar-refractivity contribution in [1.82, 2.24) is 10.3 Å². The van der Waals surface area contributed by atoms with E-state index >= 15 is 0 Å². The molecule has 0 atom stereocenters. The van der Waals surface area contributed by atoms with Crippen LogP contribution in [-0.4, -0.2) is 11.0 Å². The van der Waals surface area contributed by atoms with Gasteiger partial charge in [0.25, 0.3) is 0 Å². The normalized spacial score (nSPS) is 10.9. The summed E-state index contributed by atoms with van der Waals surface area (Å²) in [6, 6.07) is 10.9. The van der Waals surface area contributed by atoms with E-state index in [1.54, 1.807) is 11.3 Å². The molecule has 2 nitrogen and oxygen atoms in total. The number of benzene rings is 1. The van der Waals surface area contributed by atoms with Crippen molar-refractivity contribution in [3.63, 3.8) is 0 Å². The first kappa shape index (κ1) is 11.3. The fourth-order valence-corrected chi connectivity index (χ4v) is 2.34. The highest BCUT2D eigenvalue weighted by Gasteiger charge is 2.08. The maximum atomic E-state index is 4.42. The first-order valence-corrected chi connectivity index (χ1v) is 6.36. The maximum Gasteiger partial charge on any atom is 0.0802 e. The van der Waals surface area contributed by atoms with Gasteiger partial charge >= 0.3 is 0 Å². The molecule has 3 heteroatoms. The Kier molecular flexibility index (Phi) is 3.70. The van der Waals surface area contributed by atoms with E-state index in [0.29, 0.717) is 6.04 Å². The minimum atomic E-state index is 0.491. The Labute approximate surface area is 100 Å². The number of hydrogen-bond acceptors (Lipinski definition) is 3. The first-order chi connectivity index (χ1) is 7.77. The second-order valence-electron chi connectivity index (χ2n) is 4.03. The van der Waals surface area contributed by atoms with Crippen molar-refractivity contribution in [2.24, 2.45) is 0 Å². The molecule has 0 fully saturated rings. The van der Waals surface area contributed by atoms with Crippen molar-refractivity contribution < 1.29 is 0 Å². The summed E-state index contributed by atoms with van der Waals surface area (Å²) in [5.74, 6) is 0. The molecule has 0 aliphatic carbocycles. The highest BCUT2D eigenvalue weighted by Crippen LogP contribution is 2.27. The maximum absolute atomic E-state index is 4.42. The third-order valence-corrected chi connectivity index (χ3v) is 3.27. The van der Waals surface area contributed by atoms with E-state index in [2.05, 4.69) is 48.4 Å². The average molecular weight is 232 g/mol. The fraction of sp³-hybridized carbons (Fsp3) is 0.308. The highest BCUT2D eigenvalue weighted by molar-refractivity contribution is 7.13. The van der Waals surface area contributed by atoms with Crippen LogP contribution in [0.15, 0.2) is 35.8 Å². The van der Waals surface area contributed by atoms with E-state index in [4.69, 9.17) is 0 Å². The summed E-state index contributed by atoms with van der Waals surface area (Å²) in [5.41, 5.74) is 4.31. The number of aromatic nitrogens is 1. The van der Waals surface area contributed by atoms with Crippen molar-refractivity contribution in [3.8, 4) is 10.4 Å². The van der Waals surface area contributed by atoms with Gasteiger partial charge in [0.15, 0.2) is 0 Å². The van der Waals surface area contributed by atoms with E-state index in [-0.39, 0.29) is 0 Å². The van der Waals surface area contributed by atoms with Crippen LogP contribution in [0.5, 0.6) is 0 Å². The van der Waals surface area contributed by atoms with Gasteiger partial charge in [0.1, 0.15) is 0 Å². The molecule has 0 bridgehead atoms. The molecule has 0 amide bonds. The molecule has 16 heavy (non-hydrogen) atoms. The van der Waals surface area contributed by atoms with Crippen molar-refractivity contribution in [3.05, 3.63) is 41.5 Å².